The van der Waals surface area contributed by atoms with E-state index >= 15 is 0 Å². The molecule has 2 aliphatic rings. The molecule has 0 unspecified atom stereocenters. The normalized spacial score (nSPS) is 18.4. The van der Waals surface area contributed by atoms with Gasteiger partial charge in [-0.1, -0.05) is 88.4 Å². The maximum atomic E-state index is 14.1. The summed E-state index contributed by atoms with van der Waals surface area (Å²) < 4.78 is 10.7. The zero-order valence-corrected chi connectivity index (χ0v) is 28.4. The molecule has 0 aromatic heterocycles. The highest BCUT2D eigenvalue weighted by molar-refractivity contribution is 5.92. The second kappa shape index (κ2) is 17.6. The predicted molar refractivity (Wildman–Crippen MR) is 180 cm³/mol. The van der Waals surface area contributed by atoms with Gasteiger partial charge >= 0.3 is 5.97 Å². The van der Waals surface area contributed by atoms with Crippen LogP contribution in [0.3, 0.4) is 0 Å². The predicted octanol–water partition coefficient (Wildman–Crippen LogP) is 4.16. The molecule has 1 saturated carbocycles. The first-order valence-corrected chi connectivity index (χ1v) is 17.3. The Labute approximate surface area is 278 Å². The molecule has 1 aliphatic heterocycles. The molecule has 3 amide bonds. The maximum Gasteiger partial charge on any atom is 0.337 e. The largest absolute Gasteiger partial charge is 0.461 e. The zero-order valence-electron chi connectivity index (χ0n) is 28.4. The molecule has 2 fully saturated rings. The number of ether oxygens (including phenoxy) is 2. The van der Waals surface area contributed by atoms with Gasteiger partial charge in [-0.3, -0.25) is 14.4 Å². The number of hydrogen-bond acceptors (Lipinski definition) is 7. The van der Waals surface area contributed by atoms with Crippen molar-refractivity contribution >= 4 is 34.5 Å². The van der Waals surface area contributed by atoms with Crippen LogP contribution in [0.4, 0.5) is 0 Å². The molecule has 1 aliphatic carbocycles. The number of rotatable bonds is 14. The number of aliphatic hydroxyl groups is 1. The van der Waals surface area contributed by atoms with E-state index in [0.717, 1.165) is 48.4 Å². The van der Waals surface area contributed by atoms with Gasteiger partial charge in [0.2, 0.25) is 17.7 Å². The quantitative estimate of drug-likeness (QED) is 0.261. The molecule has 0 radical (unpaired) electrons. The van der Waals surface area contributed by atoms with Crippen LogP contribution in [0.15, 0.2) is 42.5 Å². The van der Waals surface area contributed by atoms with Gasteiger partial charge < -0.3 is 30.1 Å². The molecule has 4 rings (SSSR count). The van der Waals surface area contributed by atoms with Gasteiger partial charge in [-0.2, -0.15) is 0 Å². The SMILES string of the molecule is CC(C)OC(=O)[C@H](O)[C@H](CC1CCCCC1)NC(=O)[C@@H](NC(=O)[C@@H](CC(=O)N1CCOCC1)Cc1cccc2ccccc12)C(C)C. The van der Waals surface area contributed by atoms with Gasteiger partial charge in [0.15, 0.2) is 6.10 Å². The lowest BCUT2D eigenvalue weighted by atomic mass is 9.83. The van der Waals surface area contributed by atoms with Gasteiger partial charge in [-0.25, -0.2) is 4.79 Å². The number of benzene rings is 2. The first kappa shape index (κ1) is 36.3. The zero-order chi connectivity index (χ0) is 33.9. The van der Waals surface area contributed by atoms with E-state index in [2.05, 4.69) is 10.6 Å². The number of hydrogen-bond donors (Lipinski definition) is 3. The first-order valence-electron chi connectivity index (χ1n) is 17.3. The van der Waals surface area contributed by atoms with Crippen molar-refractivity contribution in [2.75, 3.05) is 26.3 Å². The van der Waals surface area contributed by atoms with E-state index in [9.17, 15) is 24.3 Å². The Bertz CT molecular complexity index is 1350. The van der Waals surface area contributed by atoms with E-state index in [-0.39, 0.29) is 24.2 Å². The molecule has 3 N–H and O–H groups in total. The smallest absolute Gasteiger partial charge is 0.337 e. The highest BCUT2D eigenvalue weighted by Gasteiger charge is 2.36. The lowest BCUT2D eigenvalue weighted by Gasteiger charge is -2.32. The van der Waals surface area contributed by atoms with Gasteiger partial charge in [0.25, 0.3) is 0 Å². The number of morpholine rings is 1. The molecule has 258 valence electrons. The fraction of sp³-hybridized carbons (Fsp3) is 0.622. The summed E-state index contributed by atoms with van der Waals surface area (Å²) in [6.07, 6.45) is 4.05. The van der Waals surface area contributed by atoms with E-state index in [0.29, 0.717) is 39.1 Å². The van der Waals surface area contributed by atoms with Gasteiger partial charge in [-0.05, 0) is 54.9 Å². The Morgan fingerprint density at radius 2 is 1.60 bits per heavy atom. The molecule has 1 heterocycles. The number of amides is 3. The average molecular weight is 652 g/mol. The Balaban J connectivity index is 1.54. The number of fused-ring (bicyclic) bond motifs is 1. The second-order valence-electron chi connectivity index (χ2n) is 13.8. The van der Waals surface area contributed by atoms with Crippen molar-refractivity contribution in [1.29, 1.82) is 0 Å². The number of nitrogens with one attached hydrogen (secondary N) is 2. The lowest BCUT2D eigenvalue weighted by molar-refractivity contribution is -0.159. The maximum absolute atomic E-state index is 14.1. The van der Waals surface area contributed by atoms with Crippen molar-refractivity contribution in [2.24, 2.45) is 17.8 Å². The van der Waals surface area contributed by atoms with Crippen LogP contribution in [-0.4, -0.2) is 84.3 Å². The van der Waals surface area contributed by atoms with Gasteiger partial charge in [0.1, 0.15) is 6.04 Å². The average Bonchev–Trinajstić information content (AvgIpc) is 3.06. The van der Waals surface area contributed by atoms with E-state index in [1.165, 1.54) is 0 Å². The van der Waals surface area contributed by atoms with Crippen LogP contribution >= 0.6 is 0 Å². The lowest BCUT2D eigenvalue weighted by Crippen LogP contribution is -2.57. The van der Waals surface area contributed by atoms with Gasteiger partial charge in [-0.15, -0.1) is 0 Å². The van der Waals surface area contributed by atoms with Crippen molar-refractivity contribution in [3.05, 3.63) is 48.0 Å². The Kier molecular flexibility index (Phi) is 13.6. The molecule has 2 aromatic rings. The molecule has 10 nitrogen and oxygen atoms in total. The third kappa shape index (κ3) is 10.5. The minimum atomic E-state index is -1.53. The van der Waals surface area contributed by atoms with Crippen molar-refractivity contribution in [2.45, 2.75) is 103 Å². The van der Waals surface area contributed by atoms with Crippen molar-refractivity contribution in [3.63, 3.8) is 0 Å². The minimum Gasteiger partial charge on any atom is -0.461 e. The number of nitrogens with zero attached hydrogens (tertiary/aromatic N) is 1. The summed E-state index contributed by atoms with van der Waals surface area (Å²) in [6.45, 7) is 8.96. The number of carbonyl (C=O) groups is 4. The van der Waals surface area contributed by atoms with Crippen molar-refractivity contribution < 1.29 is 33.8 Å². The van der Waals surface area contributed by atoms with Crippen LogP contribution in [0.25, 0.3) is 10.8 Å². The number of esters is 1. The van der Waals surface area contributed by atoms with Crippen molar-refractivity contribution in [3.8, 4) is 0 Å². The summed E-state index contributed by atoms with van der Waals surface area (Å²) in [7, 11) is 0. The van der Waals surface area contributed by atoms with E-state index in [1.807, 2.05) is 56.3 Å². The van der Waals surface area contributed by atoms with E-state index < -0.39 is 48.0 Å². The van der Waals surface area contributed by atoms with Crippen LogP contribution in [0.1, 0.15) is 78.2 Å². The first-order chi connectivity index (χ1) is 22.5. The van der Waals surface area contributed by atoms with Crippen LogP contribution in [0.5, 0.6) is 0 Å². The Morgan fingerprint density at radius 1 is 0.915 bits per heavy atom. The summed E-state index contributed by atoms with van der Waals surface area (Å²) in [4.78, 5) is 55.8. The molecule has 1 saturated heterocycles. The summed E-state index contributed by atoms with van der Waals surface area (Å²) >= 11 is 0. The van der Waals surface area contributed by atoms with Crippen LogP contribution < -0.4 is 10.6 Å². The topological polar surface area (TPSA) is 134 Å². The van der Waals surface area contributed by atoms with Crippen LogP contribution in [0, 0.1) is 17.8 Å². The molecule has 47 heavy (non-hydrogen) atoms. The van der Waals surface area contributed by atoms with Crippen molar-refractivity contribution in [1.82, 2.24) is 15.5 Å². The van der Waals surface area contributed by atoms with E-state index in [1.54, 1.807) is 18.7 Å². The summed E-state index contributed by atoms with van der Waals surface area (Å²) in [6, 6.07) is 12.1. The van der Waals surface area contributed by atoms with Gasteiger partial charge in [0, 0.05) is 19.5 Å². The highest BCUT2D eigenvalue weighted by Crippen LogP contribution is 2.29. The number of aliphatic hydroxyl groups excluding tert-OH is 1. The molecular weight excluding hydrogens is 598 g/mol. The van der Waals surface area contributed by atoms with E-state index in [4.69, 9.17) is 9.47 Å². The third-order valence-corrected chi connectivity index (χ3v) is 9.36. The highest BCUT2D eigenvalue weighted by atomic mass is 16.6. The molecule has 10 heteroatoms. The fourth-order valence-corrected chi connectivity index (χ4v) is 6.74. The summed E-state index contributed by atoms with van der Waals surface area (Å²) in [5.74, 6) is -2.54. The summed E-state index contributed by atoms with van der Waals surface area (Å²) in [5, 5.41) is 19.0. The Hall–Kier alpha value is -3.50. The Morgan fingerprint density at radius 3 is 2.28 bits per heavy atom. The second-order valence-corrected chi connectivity index (χ2v) is 13.8. The molecule has 0 spiro atoms. The minimum absolute atomic E-state index is 0.00838. The standard InChI is InChI=1S/C37H53N3O7/c1-24(2)33(36(44)38-31(21-26-11-6-5-7-12-26)34(42)37(45)47-25(3)4)39-35(43)29(23-32(41)40-17-19-46-20-18-40)22-28-15-10-14-27-13-8-9-16-30(27)28/h8-10,13-16,24-26,29,31,33-34,42H,5-7,11-12,17-23H2,1-4H3,(H,38,44)(H,39,43)/t29-,31+,33+,34-/m1/s1. The monoisotopic (exact) mass is 651 g/mol. The van der Waals surface area contributed by atoms with Crippen LogP contribution in [-0.2, 0) is 35.1 Å². The summed E-state index contributed by atoms with van der Waals surface area (Å²) in [5.41, 5.74) is 0.947. The molecule has 4 atom stereocenters. The molecule has 2 aromatic carbocycles. The molecular formula is C37H53N3O7. The third-order valence-electron chi connectivity index (χ3n) is 9.36. The van der Waals surface area contributed by atoms with Gasteiger partial charge in [0.05, 0.1) is 31.3 Å². The van der Waals surface area contributed by atoms with Crippen LogP contribution in [0.2, 0.25) is 0 Å². The fourth-order valence-electron chi connectivity index (χ4n) is 6.74. The number of carbonyl (C=O) groups excluding carboxylic acids is 4. The molecule has 0 bridgehead atoms.